The summed E-state index contributed by atoms with van der Waals surface area (Å²) >= 11 is 0. The molecule has 5 rings (SSSR count). The summed E-state index contributed by atoms with van der Waals surface area (Å²) in [7, 11) is 0. The summed E-state index contributed by atoms with van der Waals surface area (Å²) in [4.78, 5) is 35.8. The number of esters is 2. The molecule has 19 nitrogen and oxygen atoms in total. The molecule has 2 aromatic carbocycles. The highest BCUT2D eigenvalue weighted by molar-refractivity contribution is 5.91. The molecule has 0 aliphatic carbocycles. The molecule has 0 bridgehead atoms. The minimum Gasteiger partial charge on any atom is -0.507 e. The number of aliphatic hydroxyl groups is 5. The Kier molecular flexibility index (Phi) is 10.7. The van der Waals surface area contributed by atoms with Crippen LogP contribution in [0.25, 0.3) is 22.3 Å². The van der Waals surface area contributed by atoms with Gasteiger partial charge in [0.15, 0.2) is 40.7 Å². The number of carbonyl (C=O) groups excluding carboxylic acids is 2. The van der Waals surface area contributed by atoms with Crippen molar-refractivity contribution in [3.63, 3.8) is 0 Å². The normalized spacial score (nSPS) is 29.7. The van der Waals surface area contributed by atoms with Gasteiger partial charge in [0.25, 0.3) is 0 Å². The van der Waals surface area contributed by atoms with Gasteiger partial charge in [-0.25, -0.2) is 0 Å². The van der Waals surface area contributed by atoms with Crippen molar-refractivity contribution in [3.8, 4) is 40.1 Å². The molecule has 2 aliphatic rings. The van der Waals surface area contributed by atoms with Crippen LogP contribution in [-0.2, 0) is 33.3 Å². The van der Waals surface area contributed by atoms with Crippen molar-refractivity contribution in [2.75, 3.05) is 13.2 Å². The zero-order valence-electron chi connectivity index (χ0n) is 26.2. The first-order valence-electron chi connectivity index (χ1n) is 14.9. The first-order chi connectivity index (χ1) is 23.6. The number of phenols is 4. The molecule has 0 amide bonds. The maximum Gasteiger partial charge on any atom is 0.302 e. The van der Waals surface area contributed by atoms with E-state index in [1.807, 2.05) is 0 Å². The van der Waals surface area contributed by atoms with Crippen LogP contribution in [0.4, 0.5) is 0 Å². The van der Waals surface area contributed by atoms with Crippen LogP contribution >= 0.6 is 0 Å². The molecule has 2 fully saturated rings. The molecule has 0 radical (unpaired) electrons. The molecule has 9 N–H and O–H groups in total. The lowest BCUT2D eigenvalue weighted by atomic mass is 9.97. The van der Waals surface area contributed by atoms with Gasteiger partial charge in [0.2, 0.25) is 12.0 Å². The first kappa shape index (κ1) is 36.5. The van der Waals surface area contributed by atoms with Gasteiger partial charge in [0, 0.05) is 31.5 Å². The van der Waals surface area contributed by atoms with E-state index >= 15 is 0 Å². The van der Waals surface area contributed by atoms with Crippen molar-refractivity contribution in [1.29, 1.82) is 0 Å². The van der Waals surface area contributed by atoms with Gasteiger partial charge in [0.1, 0.15) is 72.8 Å². The summed E-state index contributed by atoms with van der Waals surface area (Å²) in [6.45, 7) is 0.934. The fourth-order valence-corrected chi connectivity index (χ4v) is 5.32. The average Bonchev–Trinajstić information content (AvgIpc) is 3.06. The molecule has 10 atom stereocenters. The molecule has 19 heteroatoms. The Labute approximate surface area is 280 Å². The summed E-state index contributed by atoms with van der Waals surface area (Å²) in [5, 5.41) is 94.4. The molecular weight excluding hydrogens is 676 g/mol. The molecule has 2 saturated heterocycles. The van der Waals surface area contributed by atoms with E-state index in [2.05, 4.69) is 0 Å². The number of aliphatic hydroxyl groups excluding tert-OH is 5. The van der Waals surface area contributed by atoms with Crippen LogP contribution in [0.15, 0.2) is 39.5 Å². The van der Waals surface area contributed by atoms with Crippen LogP contribution in [0.3, 0.4) is 0 Å². The fraction of sp³-hybridized carbons (Fsp3) is 0.452. The highest BCUT2D eigenvalue weighted by Crippen LogP contribution is 2.42. The predicted octanol–water partition coefficient (Wildman–Crippen LogP) is -1.57. The summed E-state index contributed by atoms with van der Waals surface area (Å²) in [5.41, 5.74) is -1.36. The monoisotopic (exact) mass is 710 g/mol. The molecule has 3 heterocycles. The second kappa shape index (κ2) is 14.6. The van der Waals surface area contributed by atoms with Crippen LogP contribution in [0, 0.1) is 0 Å². The number of phenolic OH excluding ortho intramolecular Hbond substituents is 4. The lowest BCUT2D eigenvalue weighted by Gasteiger charge is -2.46. The molecular formula is C31H34O19. The number of hydrogen-bond acceptors (Lipinski definition) is 19. The Hall–Kier alpha value is -4.73. The van der Waals surface area contributed by atoms with Gasteiger partial charge in [0.05, 0.1) is 0 Å². The lowest BCUT2D eigenvalue weighted by Crippen LogP contribution is -2.65. The number of benzene rings is 2. The van der Waals surface area contributed by atoms with Crippen molar-refractivity contribution in [3.05, 3.63) is 40.6 Å². The Bertz CT molecular complexity index is 1790. The number of hydrogen-bond donors (Lipinski definition) is 9. The average molecular weight is 711 g/mol. The second-order valence-electron chi connectivity index (χ2n) is 11.5. The summed E-state index contributed by atoms with van der Waals surface area (Å²) in [6.07, 6.45) is -18.2. The van der Waals surface area contributed by atoms with Gasteiger partial charge >= 0.3 is 11.9 Å². The van der Waals surface area contributed by atoms with E-state index in [9.17, 15) is 60.3 Å². The van der Waals surface area contributed by atoms with Crippen LogP contribution in [0.2, 0.25) is 0 Å². The maximum atomic E-state index is 13.0. The van der Waals surface area contributed by atoms with Gasteiger partial charge < -0.3 is 78.8 Å². The van der Waals surface area contributed by atoms with Crippen molar-refractivity contribution < 1.29 is 88.4 Å². The predicted molar refractivity (Wildman–Crippen MR) is 161 cm³/mol. The van der Waals surface area contributed by atoms with E-state index in [0.29, 0.717) is 0 Å². The van der Waals surface area contributed by atoms with Gasteiger partial charge in [-0.1, -0.05) is 0 Å². The number of aromatic hydroxyl groups is 4. The van der Waals surface area contributed by atoms with Crippen LogP contribution in [0.5, 0.6) is 28.7 Å². The van der Waals surface area contributed by atoms with Crippen LogP contribution in [0.1, 0.15) is 13.8 Å². The number of ether oxygens (including phenoxy) is 6. The Balaban J connectivity index is 1.51. The molecule has 272 valence electrons. The Morgan fingerprint density at radius 2 is 1.32 bits per heavy atom. The summed E-state index contributed by atoms with van der Waals surface area (Å²) in [6, 6.07) is 5.22. The molecule has 2 aliphatic heterocycles. The Morgan fingerprint density at radius 3 is 1.92 bits per heavy atom. The Morgan fingerprint density at radius 1 is 0.720 bits per heavy atom. The van der Waals surface area contributed by atoms with Crippen molar-refractivity contribution >= 4 is 22.9 Å². The maximum absolute atomic E-state index is 13.0. The third-order valence-electron chi connectivity index (χ3n) is 7.93. The van der Waals surface area contributed by atoms with E-state index < -0.39 is 132 Å². The summed E-state index contributed by atoms with van der Waals surface area (Å²) in [5.74, 6) is -5.07. The largest absolute Gasteiger partial charge is 0.507 e. The first-order valence-corrected chi connectivity index (χ1v) is 14.9. The highest BCUT2D eigenvalue weighted by Gasteiger charge is 2.52. The molecule has 0 spiro atoms. The second-order valence-corrected chi connectivity index (χ2v) is 11.5. The fourth-order valence-electron chi connectivity index (χ4n) is 5.32. The lowest BCUT2D eigenvalue weighted by molar-refractivity contribution is -0.358. The van der Waals surface area contributed by atoms with Crippen molar-refractivity contribution in [2.45, 2.75) is 75.3 Å². The topological polar surface area (TPSA) is 302 Å². The molecule has 4 unspecified atom stereocenters. The van der Waals surface area contributed by atoms with Gasteiger partial charge in [-0.3, -0.25) is 14.4 Å². The number of carbonyl (C=O) groups is 2. The van der Waals surface area contributed by atoms with E-state index in [0.717, 1.165) is 38.1 Å². The SMILES string of the molecule is CC(=O)OCC1O[C@@H](OC2[C@H](Oc3cc(O)c4c(=O)cc(-c5ccc(O)c(O)c5)oc4c3O)OC(COC(C)=O)[C@@H](O)[C@@H]2O)C(O)[C@@H](O)[C@@H]1O. The third-order valence-corrected chi connectivity index (χ3v) is 7.93. The van der Waals surface area contributed by atoms with E-state index in [1.165, 1.54) is 6.07 Å². The number of rotatable bonds is 9. The highest BCUT2D eigenvalue weighted by atomic mass is 16.8. The van der Waals surface area contributed by atoms with E-state index in [1.54, 1.807) is 0 Å². The van der Waals surface area contributed by atoms with Crippen LogP contribution in [-0.4, -0.2) is 133 Å². The minimum absolute atomic E-state index is 0.0874. The van der Waals surface area contributed by atoms with Crippen LogP contribution < -0.4 is 10.2 Å². The van der Waals surface area contributed by atoms with E-state index in [-0.39, 0.29) is 11.3 Å². The minimum atomic E-state index is -2.00. The molecule has 50 heavy (non-hydrogen) atoms. The van der Waals surface area contributed by atoms with Crippen molar-refractivity contribution in [1.82, 2.24) is 0 Å². The zero-order chi connectivity index (χ0) is 36.6. The molecule has 1 aromatic heterocycles. The summed E-state index contributed by atoms with van der Waals surface area (Å²) < 4.78 is 38.1. The number of fused-ring (bicyclic) bond motifs is 1. The van der Waals surface area contributed by atoms with Crippen molar-refractivity contribution in [2.24, 2.45) is 0 Å². The van der Waals surface area contributed by atoms with Gasteiger partial charge in [-0.05, 0) is 18.2 Å². The quantitative estimate of drug-likeness (QED) is 0.0688. The standard InChI is InChI=1S/C31H34O19/c1-10(32)44-8-19-22(38)25(41)27(43)30(48-19)50-29-26(42)23(39)20(9-45-11(2)33)49-31(29)47-18-7-16(37)21-15(36)6-17(46-28(21)24(18)40)12-3-4-13(34)14(35)5-12/h3-7,19-20,22-23,25-27,29-31,34-35,37-43H,8-9H2,1-2H3/t19?,20?,22-,23-,25+,26+,27?,29?,30+,31-/m1/s1. The zero-order valence-corrected chi connectivity index (χ0v) is 26.2. The molecule has 0 saturated carbocycles. The third kappa shape index (κ3) is 7.39. The molecule has 3 aromatic rings. The van der Waals surface area contributed by atoms with E-state index in [4.69, 9.17) is 32.8 Å². The smallest absolute Gasteiger partial charge is 0.302 e. The van der Waals surface area contributed by atoms with Gasteiger partial charge in [-0.2, -0.15) is 0 Å². The van der Waals surface area contributed by atoms with Gasteiger partial charge in [-0.15, -0.1) is 0 Å².